The van der Waals surface area contributed by atoms with Crippen LogP contribution in [-0.2, 0) is 0 Å². The summed E-state index contributed by atoms with van der Waals surface area (Å²) in [5.41, 5.74) is 0.164. The van der Waals surface area contributed by atoms with Gasteiger partial charge >= 0.3 is 0 Å². The summed E-state index contributed by atoms with van der Waals surface area (Å²) in [5.74, 6) is 2.53. The molecule has 0 spiro atoms. The molecular formula is C13H17Br2N3. The molecule has 0 saturated carbocycles. The molecule has 0 amide bonds. The van der Waals surface area contributed by atoms with Gasteiger partial charge in [0.15, 0.2) is 0 Å². The average Bonchev–Trinajstić information content (AvgIpc) is 2.82. The average molecular weight is 375 g/mol. The maximum absolute atomic E-state index is 4.59. The van der Waals surface area contributed by atoms with Gasteiger partial charge in [0.05, 0.1) is 4.47 Å². The molecule has 2 fully saturated rings. The molecule has 3 nitrogen and oxygen atoms in total. The van der Waals surface area contributed by atoms with Gasteiger partial charge in [-0.05, 0) is 63.6 Å². The lowest BCUT2D eigenvalue weighted by atomic mass is 9.85. The van der Waals surface area contributed by atoms with Gasteiger partial charge in [0.1, 0.15) is 5.82 Å². The van der Waals surface area contributed by atoms with Crippen LogP contribution in [0.15, 0.2) is 21.2 Å². The Morgan fingerprint density at radius 1 is 1.39 bits per heavy atom. The molecule has 2 saturated heterocycles. The zero-order valence-corrected chi connectivity index (χ0v) is 13.8. The van der Waals surface area contributed by atoms with Crippen molar-refractivity contribution in [3.05, 3.63) is 21.2 Å². The van der Waals surface area contributed by atoms with Gasteiger partial charge in [-0.25, -0.2) is 4.98 Å². The van der Waals surface area contributed by atoms with Crippen LogP contribution in [-0.4, -0.2) is 30.2 Å². The van der Waals surface area contributed by atoms with Crippen molar-refractivity contribution in [1.82, 2.24) is 10.3 Å². The largest absolute Gasteiger partial charge is 0.350 e. The minimum atomic E-state index is 0.164. The van der Waals surface area contributed by atoms with Crippen LogP contribution < -0.4 is 10.2 Å². The molecule has 3 rings (SSSR count). The molecule has 1 N–H and O–H groups in total. The van der Waals surface area contributed by atoms with Crippen molar-refractivity contribution in [2.45, 2.75) is 19.4 Å². The Labute approximate surface area is 125 Å². The van der Waals surface area contributed by atoms with Crippen LogP contribution in [0.2, 0.25) is 0 Å². The Kier molecular flexibility index (Phi) is 3.19. The number of halogens is 2. The molecular weight excluding hydrogens is 358 g/mol. The van der Waals surface area contributed by atoms with Gasteiger partial charge in [0.25, 0.3) is 0 Å². The number of hydrogen-bond acceptors (Lipinski definition) is 3. The van der Waals surface area contributed by atoms with E-state index in [0.29, 0.717) is 0 Å². The standard InChI is InChI=1S/C13H17Br2N3/c1-13(2)10-6-16-4-8(10)7-18(13)12-11(15)3-9(14)5-17-12/h3,5,8,10,16H,4,6-7H2,1-2H3. The van der Waals surface area contributed by atoms with E-state index in [4.69, 9.17) is 0 Å². The fourth-order valence-electron chi connectivity index (χ4n) is 3.39. The van der Waals surface area contributed by atoms with Gasteiger partial charge in [-0.3, -0.25) is 0 Å². The SMILES string of the molecule is CC1(C)C2CNCC2CN1c1ncc(Br)cc1Br. The monoisotopic (exact) mass is 373 g/mol. The second-order valence-electron chi connectivity index (χ2n) is 5.75. The molecule has 2 aliphatic heterocycles. The molecule has 2 aliphatic rings. The molecule has 3 heterocycles. The number of nitrogens with one attached hydrogen (secondary N) is 1. The molecule has 2 atom stereocenters. The van der Waals surface area contributed by atoms with E-state index < -0.39 is 0 Å². The fourth-order valence-corrected chi connectivity index (χ4v) is 4.59. The summed E-state index contributed by atoms with van der Waals surface area (Å²) in [7, 11) is 0. The lowest BCUT2D eigenvalue weighted by Gasteiger charge is -2.37. The Balaban J connectivity index is 1.97. The zero-order chi connectivity index (χ0) is 12.9. The second kappa shape index (κ2) is 4.46. The van der Waals surface area contributed by atoms with Crippen molar-refractivity contribution in [3.63, 3.8) is 0 Å². The summed E-state index contributed by atoms with van der Waals surface area (Å²) in [5, 5.41) is 3.51. The van der Waals surface area contributed by atoms with Crippen LogP contribution in [0.3, 0.4) is 0 Å². The van der Waals surface area contributed by atoms with Crippen LogP contribution >= 0.6 is 31.9 Å². The third kappa shape index (κ3) is 1.91. The fraction of sp³-hybridized carbons (Fsp3) is 0.615. The third-order valence-corrected chi connectivity index (χ3v) is 5.42. The van der Waals surface area contributed by atoms with Crippen LogP contribution in [0.5, 0.6) is 0 Å². The van der Waals surface area contributed by atoms with E-state index in [1.807, 2.05) is 6.20 Å². The van der Waals surface area contributed by atoms with E-state index in [-0.39, 0.29) is 5.54 Å². The summed E-state index contributed by atoms with van der Waals surface area (Å²) < 4.78 is 2.08. The highest BCUT2D eigenvalue weighted by Crippen LogP contribution is 2.44. The maximum Gasteiger partial charge on any atom is 0.143 e. The van der Waals surface area contributed by atoms with Gasteiger partial charge < -0.3 is 10.2 Å². The summed E-state index contributed by atoms with van der Waals surface area (Å²) in [4.78, 5) is 7.05. The smallest absolute Gasteiger partial charge is 0.143 e. The van der Waals surface area contributed by atoms with Crippen LogP contribution in [0, 0.1) is 11.8 Å². The highest BCUT2D eigenvalue weighted by molar-refractivity contribution is 9.11. The molecule has 98 valence electrons. The summed E-state index contributed by atoms with van der Waals surface area (Å²) in [6.45, 7) is 8.03. The molecule has 18 heavy (non-hydrogen) atoms. The predicted molar refractivity (Wildman–Crippen MR) is 80.9 cm³/mol. The highest BCUT2D eigenvalue weighted by atomic mass is 79.9. The number of fused-ring (bicyclic) bond motifs is 1. The van der Waals surface area contributed by atoms with Crippen molar-refractivity contribution < 1.29 is 0 Å². The number of rotatable bonds is 1. The first-order valence-corrected chi connectivity index (χ1v) is 7.88. The topological polar surface area (TPSA) is 28.2 Å². The van der Waals surface area contributed by atoms with E-state index in [9.17, 15) is 0 Å². The number of aromatic nitrogens is 1. The second-order valence-corrected chi connectivity index (χ2v) is 7.52. The molecule has 5 heteroatoms. The molecule has 1 aromatic heterocycles. The minimum absolute atomic E-state index is 0.164. The first-order chi connectivity index (χ1) is 8.50. The molecule has 0 bridgehead atoms. The molecule has 0 radical (unpaired) electrons. The lowest BCUT2D eigenvalue weighted by Crippen LogP contribution is -2.45. The van der Waals surface area contributed by atoms with E-state index >= 15 is 0 Å². The molecule has 0 aliphatic carbocycles. The highest BCUT2D eigenvalue weighted by Gasteiger charge is 2.50. The Bertz CT molecular complexity index is 475. The van der Waals surface area contributed by atoms with Gasteiger partial charge in [0.2, 0.25) is 0 Å². The van der Waals surface area contributed by atoms with E-state index in [2.05, 4.69) is 67.0 Å². The quantitative estimate of drug-likeness (QED) is 0.818. The van der Waals surface area contributed by atoms with Gasteiger partial charge in [-0.15, -0.1) is 0 Å². The van der Waals surface area contributed by atoms with Crippen LogP contribution in [0.1, 0.15) is 13.8 Å². The van der Waals surface area contributed by atoms with Crippen molar-refractivity contribution >= 4 is 37.7 Å². The Morgan fingerprint density at radius 3 is 2.83 bits per heavy atom. The number of nitrogens with zero attached hydrogens (tertiary/aromatic N) is 2. The number of hydrogen-bond donors (Lipinski definition) is 1. The number of pyridine rings is 1. The summed E-state index contributed by atoms with van der Waals surface area (Å²) >= 11 is 7.10. The van der Waals surface area contributed by atoms with Gasteiger partial charge in [-0.2, -0.15) is 0 Å². The summed E-state index contributed by atoms with van der Waals surface area (Å²) in [6.07, 6.45) is 1.88. The van der Waals surface area contributed by atoms with Crippen LogP contribution in [0.4, 0.5) is 5.82 Å². The van der Waals surface area contributed by atoms with Gasteiger partial charge in [-0.1, -0.05) is 0 Å². The van der Waals surface area contributed by atoms with E-state index in [1.165, 1.54) is 0 Å². The lowest BCUT2D eigenvalue weighted by molar-refractivity contribution is 0.356. The maximum atomic E-state index is 4.59. The predicted octanol–water partition coefficient (Wildman–Crippen LogP) is 3.04. The van der Waals surface area contributed by atoms with Crippen molar-refractivity contribution in [2.24, 2.45) is 11.8 Å². The first-order valence-electron chi connectivity index (χ1n) is 6.29. The third-order valence-electron chi connectivity index (χ3n) is 4.40. The molecule has 1 aromatic rings. The minimum Gasteiger partial charge on any atom is -0.350 e. The zero-order valence-electron chi connectivity index (χ0n) is 10.6. The van der Waals surface area contributed by atoms with Crippen molar-refractivity contribution in [2.75, 3.05) is 24.5 Å². The Hall–Kier alpha value is -0.130. The molecule has 2 unspecified atom stereocenters. The van der Waals surface area contributed by atoms with Crippen molar-refractivity contribution in [3.8, 4) is 0 Å². The molecule has 0 aromatic carbocycles. The first kappa shape index (κ1) is 12.9. The summed E-state index contributed by atoms with van der Waals surface area (Å²) in [6, 6.07) is 2.07. The Morgan fingerprint density at radius 2 is 2.17 bits per heavy atom. The normalized spacial score (nSPS) is 29.7. The number of anilines is 1. The van der Waals surface area contributed by atoms with E-state index in [1.54, 1.807) is 0 Å². The van der Waals surface area contributed by atoms with Crippen LogP contribution in [0.25, 0.3) is 0 Å². The van der Waals surface area contributed by atoms with Gasteiger partial charge in [0, 0.05) is 35.8 Å². The van der Waals surface area contributed by atoms with Crippen molar-refractivity contribution in [1.29, 1.82) is 0 Å². The van der Waals surface area contributed by atoms with E-state index in [0.717, 1.165) is 46.2 Å².